The summed E-state index contributed by atoms with van der Waals surface area (Å²) in [7, 11) is 1.64. The minimum Gasteiger partial charge on any atom is -0.496 e. The van der Waals surface area contributed by atoms with E-state index < -0.39 is 0 Å². The Morgan fingerprint density at radius 2 is 1.94 bits per heavy atom. The van der Waals surface area contributed by atoms with E-state index in [1.54, 1.807) is 30.7 Å². The lowest BCUT2D eigenvalue weighted by Gasteiger charge is -2.12. The highest BCUT2D eigenvalue weighted by molar-refractivity contribution is 7.14. The largest absolute Gasteiger partial charge is 0.496 e. The van der Waals surface area contributed by atoms with Gasteiger partial charge in [-0.3, -0.25) is 9.78 Å². The second kappa shape index (κ2) is 9.58. The Kier molecular flexibility index (Phi) is 6.43. The van der Waals surface area contributed by atoms with Crippen LogP contribution in [0.4, 0.5) is 0 Å². The van der Waals surface area contributed by atoms with Gasteiger partial charge in [0.15, 0.2) is 5.78 Å². The smallest absolute Gasteiger partial charge is 0.195 e. The quantitative estimate of drug-likeness (QED) is 0.242. The monoisotopic (exact) mass is 429 g/mol. The van der Waals surface area contributed by atoms with E-state index in [0.717, 1.165) is 44.8 Å². The molecule has 0 unspecified atom stereocenters. The molecule has 0 saturated carbocycles. The van der Waals surface area contributed by atoms with E-state index in [1.165, 1.54) is 4.88 Å². The molecule has 2 aromatic carbocycles. The van der Waals surface area contributed by atoms with Crippen molar-refractivity contribution in [3.63, 3.8) is 0 Å². The first kappa shape index (κ1) is 20.8. The maximum atomic E-state index is 12.5. The molecular weight excluding hydrogens is 406 g/mol. The summed E-state index contributed by atoms with van der Waals surface area (Å²) in [5, 5.41) is 1.03. The zero-order valence-electron chi connectivity index (χ0n) is 17.5. The molecule has 4 rings (SSSR count). The summed E-state index contributed by atoms with van der Waals surface area (Å²) in [6.07, 6.45) is 6.15. The van der Waals surface area contributed by atoms with Gasteiger partial charge in [-0.2, -0.15) is 0 Å². The number of benzene rings is 2. The predicted molar refractivity (Wildman–Crippen MR) is 126 cm³/mol. The molecule has 0 amide bonds. The van der Waals surface area contributed by atoms with Crippen LogP contribution in [-0.2, 0) is 13.0 Å². The number of rotatable bonds is 8. The van der Waals surface area contributed by atoms with E-state index in [9.17, 15) is 4.79 Å². The van der Waals surface area contributed by atoms with Gasteiger partial charge in [0.2, 0.25) is 0 Å². The fourth-order valence-corrected chi connectivity index (χ4v) is 4.19. The van der Waals surface area contributed by atoms with Gasteiger partial charge in [0.25, 0.3) is 0 Å². The lowest BCUT2D eigenvalue weighted by atomic mass is 10.1. The van der Waals surface area contributed by atoms with Crippen LogP contribution in [0.1, 0.15) is 32.6 Å². The SMILES string of the molecule is CCc1ccc(C(=O)/C=C/c2ccc(OC)c(COc3cccc4cccnc34)c2)s1. The van der Waals surface area contributed by atoms with E-state index in [1.807, 2.05) is 66.7 Å². The average molecular weight is 430 g/mol. The normalized spacial score (nSPS) is 11.2. The number of nitrogens with zero attached hydrogens (tertiary/aromatic N) is 1. The summed E-state index contributed by atoms with van der Waals surface area (Å²) in [5.74, 6) is 1.48. The molecule has 0 spiro atoms. The first-order valence-electron chi connectivity index (χ1n) is 10.1. The lowest BCUT2D eigenvalue weighted by molar-refractivity contribution is 0.105. The van der Waals surface area contributed by atoms with Crippen LogP contribution in [0.3, 0.4) is 0 Å². The van der Waals surface area contributed by atoms with Crippen molar-refractivity contribution in [1.82, 2.24) is 4.98 Å². The molecule has 0 atom stereocenters. The van der Waals surface area contributed by atoms with Gasteiger partial charge in [-0.15, -0.1) is 11.3 Å². The van der Waals surface area contributed by atoms with Crippen molar-refractivity contribution in [2.45, 2.75) is 20.0 Å². The van der Waals surface area contributed by atoms with Crippen LogP contribution >= 0.6 is 11.3 Å². The fourth-order valence-electron chi connectivity index (χ4n) is 3.32. The third-order valence-corrected chi connectivity index (χ3v) is 6.21. The molecular formula is C26H23NO3S. The zero-order valence-corrected chi connectivity index (χ0v) is 18.3. The Labute approximate surface area is 185 Å². The van der Waals surface area contributed by atoms with E-state index in [2.05, 4.69) is 11.9 Å². The number of hydrogen-bond acceptors (Lipinski definition) is 5. The van der Waals surface area contributed by atoms with Crippen LogP contribution in [0.5, 0.6) is 11.5 Å². The molecule has 0 aliphatic heterocycles. The summed E-state index contributed by atoms with van der Waals surface area (Å²) < 4.78 is 11.6. The Bertz CT molecular complexity index is 1240. The van der Waals surface area contributed by atoms with E-state index in [-0.39, 0.29) is 5.78 Å². The number of thiophene rings is 1. The molecule has 4 nitrogen and oxygen atoms in total. The molecule has 156 valence electrons. The van der Waals surface area contributed by atoms with Crippen molar-refractivity contribution in [2.75, 3.05) is 7.11 Å². The number of hydrogen-bond donors (Lipinski definition) is 0. The van der Waals surface area contributed by atoms with Crippen LogP contribution in [0.2, 0.25) is 0 Å². The standard InChI is InChI=1S/C26H23NO3S/c1-3-21-11-14-25(31-21)22(28)12-9-18-10-13-23(29-2)20(16-18)17-30-24-8-4-6-19-7-5-15-27-26(19)24/h4-16H,3,17H2,1-2H3/b12-9+. The number of allylic oxidation sites excluding steroid dienone is 1. The number of methoxy groups -OCH3 is 1. The molecule has 0 aliphatic rings. The van der Waals surface area contributed by atoms with Crippen molar-refractivity contribution in [3.05, 3.63) is 93.8 Å². The number of ketones is 1. The van der Waals surface area contributed by atoms with Gasteiger partial charge in [-0.05, 0) is 54.5 Å². The van der Waals surface area contributed by atoms with Gasteiger partial charge < -0.3 is 9.47 Å². The number of fused-ring (bicyclic) bond motifs is 1. The van der Waals surface area contributed by atoms with Crippen LogP contribution in [-0.4, -0.2) is 17.9 Å². The van der Waals surface area contributed by atoms with Gasteiger partial charge in [0.1, 0.15) is 23.6 Å². The van der Waals surface area contributed by atoms with Crippen molar-refractivity contribution in [1.29, 1.82) is 0 Å². The van der Waals surface area contributed by atoms with Crippen LogP contribution in [0, 0.1) is 0 Å². The van der Waals surface area contributed by atoms with Crippen molar-refractivity contribution in [2.24, 2.45) is 0 Å². The number of aromatic nitrogens is 1. The van der Waals surface area contributed by atoms with Crippen molar-refractivity contribution in [3.8, 4) is 11.5 Å². The maximum Gasteiger partial charge on any atom is 0.195 e. The van der Waals surface area contributed by atoms with Crippen LogP contribution in [0.25, 0.3) is 17.0 Å². The topological polar surface area (TPSA) is 48.4 Å². The molecule has 0 fully saturated rings. The molecule has 0 bridgehead atoms. The summed E-state index contributed by atoms with van der Waals surface area (Å²) in [6, 6.07) is 19.5. The highest BCUT2D eigenvalue weighted by Gasteiger charge is 2.09. The maximum absolute atomic E-state index is 12.5. The van der Waals surface area contributed by atoms with E-state index >= 15 is 0 Å². The molecule has 5 heteroatoms. The molecule has 0 saturated heterocycles. The highest BCUT2D eigenvalue weighted by Crippen LogP contribution is 2.27. The molecule has 2 heterocycles. The van der Waals surface area contributed by atoms with Gasteiger partial charge >= 0.3 is 0 Å². The summed E-state index contributed by atoms with van der Waals surface area (Å²) >= 11 is 1.55. The van der Waals surface area contributed by atoms with Gasteiger partial charge in [-0.1, -0.05) is 37.3 Å². The number of ether oxygens (including phenoxy) is 2. The fraction of sp³-hybridized carbons (Fsp3) is 0.154. The molecule has 4 aromatic rings. The molecule has 31 heavy (non-hydrogen) atoms. The molecule has 0 N–H and O–H groups in total. The van der Waals surface area contributed by atoms with E-state index in [4.69, 9.17) is 9.47 Å². The first-order chi connectivity index (χ1) is 15.2. The minimum atomic E-state index is 0.0140. The third kappa shape index (κ3) is 4.84. The Morgan fingerprint density at radius 3 is 2.74 bits per heavy atom. The Morgan fingerprint density at radius 1 is 1.06 bits per heavy atom. The van der Waals surface area contributed by atoms with Gasteiger partial charge in [0, 0.05) is 22.0 Å². The average Bonchev–Trinajstić information content (AvgIpc) is 3.31. The first-order valence-corrected chi connectivity index (χ1v) is 10.9. The molecule has 0 aliphatic carbocycles. The Balaban J connectivity index is 1.52. The number of para-hydroxylation sites is 1. The van der Waals surface area contributed by atoms with E-state index in [0.29, 0.717) is 6.61 Å². The summed E-state index contributed by atoms with van der Waals surface area (Å²) in [5.41, 5.74) is 2.64. The lowest BCUT2D eigenvalue weighted by Crippen LogP contribution is -2.00. The van der Waals surface area contributed by atoms with Crippen molar-refractivity contribution < 1.29 is 14.3 Å². The summed E-state index contributed by atoms with van der Waals surface area (Å²) in [6.45, 7) is 2.42. The van der Waals surface area contributed by atoms with Gasteiger partial charge in [-0.25, -0.2) is 0 Å². The summed E-state index contributed by atoms with van der Waals surface area (Å²) in [4.78, 5) is 18.9. The van der Waals surface area contributed by atoms with Crippen LogP contribution in [0.15, 0.2) is 72.9 Å². The minimum absolute atomic E-state index is 0.0140. The molecule has 2 aromatic heterocycles. The zero-order chi connectivity index (χ0) is 21.6. The van der Waals surface area contributed by atoms with Crippen molar-refractivity contribution >= 4 is 34.1 Å². The Hall–Kier alpha value is -3.44. The number of aryl methyl sites for hydroxylation is 1. The second-order valence-electron chi connectivity index (χ2n) is 7.01. The number of pyridine rings is 1. The van der Waals surface area contributed by atoms with Crippen LogP contribution < -0.4 is 9.47 Å². The predicted octanol–water partition coefficient (Wildman–Crippen LogP) is 6.34. The molecule has 0 radical (unpaired) electrons. The van der Waals surface area contributed by atoms with Gasteiger partial charge in [0.05, 0.1) is 12.0 Å². The third-order valence-electron chi connectivity index (χ3n) is 4.96. The number of carbonyl (C=O) groups is 1. The second-order valence-corrected chi connectivity index (χ2v) is 8.18. The number of carbonyl (C=O) groups excluding carboxylic acids is 1. The highest BCUT2D eigenvalue weighted by atomic mass is 32.1.